The fourth-order valence-electron chi connectivity index (χ4n) is 0.307. The Morgan fingerprint density at radius 3 is 1.78 bits per heavy atom. The molecule has 0 amide bonds. The number of rotatable bonds is 4. The normalized spacial score (nSPS) is 12.2. The van der Waals surface area contributed by atoms with E-state index in [1.165, 1.54) is 0 Å². The topological polar surface area (TPSA) is 0 Å². The summed E-state index contributed by atoms with van der Waals surface area (Å²) in [4.78, 5) is 0. The molecule has 0 fully saturated rings. The predicted octanol–water partition coefficient (Wildman–Crippen LogP) is 3.06. The summed E-state index contributed by atoms with van der Waals surface area (Å²) in [6, 6.07) is 0. The van der Waals surface area contributed by atoms with E-state index in [1.807, 2.05) is 0 Å². The summed E-state index contributed by atoms with van der Waals surface area (Å²) in [5.41, 5.74) is 0. The Morgan fingerprint density at radius 1 is 1.00 bits per heavy atom. The molecular weight excluding hydrogens is 155 g/mol. The van der Waals surface area contributed by atoms with Gasteiger partial charge in [0.05, 0.1) is 0 Å². The van der Waals surface area contributed by atoms with Crippen LogP contribution in [0.4, 0.5) is 0 Å². The number of allylic oxidation sites excluding steroid dienone is 4. The van der Waals surface area contributed by atoms with E-state index >= 15 is 0 Å². The first kappa shape index (κ1) is 8.97. The van der Waals surface area contributed by atoms with Gasteiger partial charge in [-0.1, -0.05) is 0 Å². The third kappa shape index (κ3) is 7.97. The summed E-state index contributed by atoms with van der Waals surface area (Å²) >= 11 is 1.77. The zero-order chi connectivity index (χ0) is 6.95. The molecule has 0 radical (unpaired) electrons. The van der Waals surface area contributed by atoms with Gasteiger partial charge in [0.2, 0.25) is 0 Å². The minimum absolute atomic E-state index is 1.16. The molecular formula is C8H14Ni. The Bertz CT molecular complexity index is 80.7. The molecule has 0 aromatic carbocycles. The molecule has 0 atom stereocenters. The molecule has 0 aromatic heterocycles. The molecule has 0 saturated heterocycles. The first-order valence-corrected chi connectivity index (χ1v) is 4.48. The van der Waals surface area contributed by atoms with E-state index in [1.54, 1.807) is 14.4 Å². The zero-order valence-electron chi connectivity index (χ0n) is 6.04. The molecule has 56 valence electrons. The van der Waals surface area contributed by atoms with Crippen LogP contribution in [0.15, 0.2) is 24.3 Å². The average Bonchev–Trinajstić information content (AvgIpc) is 1.89. The van der Waals surface area contributed by atoms with Gasteiger partial charge in [-0.25, -0.2) is 0 Å². The Morgan fingerprint density at radius 2 is 1.44 bits per heavy atom. The summed E-state index contributed by atoms with van der Waals surface area (Å²) in [5.74, 6) is 0. The van der Waals surface area contributed by atoms with E-state index in [2.05, 4.69) is 38.2 Å². The Hall–Kier alpha value is -0.0265. The van der Waals surface area contributed by atoms with E-state index in [9.17, 15) is 0 Å². The van der Waals surface area contributed by atoms with Crippen molar-refractivity contribution in [3.05, 3.63) is 24.3 Å². The van der Waals surface area contributed by atoms with Crippen LogP contribution in [-0.2, 0) is 14.4 Å². The van der Waals surface area contributed by atoms with Gasteiger partial charge in [-0.3, -0.25) is 0 Å². The van der Waals surface area contributed by atoms with Crippen molar-refractivity contribution in [2.75, 3.05) is 0 Å². The van der Waals surface area contributed by atoms with Gasteiger partial charge in [0.15, 0.2) is 0 Å². The molecule has 0 aliphatic carbocycles. The molecule has 0 unspecified atom stereocenters. The van der Waals surface area contributed by atoms with Gasteiger partial charge in [-0.2, -0.15) is 0 Å². The van der Waals surface area contributed by atoms with Crippen LogP contribution in [0.5, 0.6) is 0 Å². The molecule has 0 nitrogen and oxygen atoms in total. The molecule has 0 aromatic rings. The SMILES string of the molecule is CC=C[CH2][Ni][CH2]C=CC. The molecule has 0 heterocycles. The first-order valence-electron chi connectivity index (χ1n) is 3.09. The summed E-state index contributed by atoms with van der Waals surface area (Å²) in [7, 11) is 0. The van der Waals surface area contributed by atoms with Crippen molar-refractivity contribution in [1.82, 2.24) is 0 Å². The minimum atomic E-state index is 1.16. The second kappa shape index (κ2) is 7.97. The third-order valence-electron chi connectivity index (χ3n) is 0.803. The van der Waals surface area contributed by atoms with Gasteiger partial charge < -0.3 is 0 Å². The van der Waals surface area contributed by atoms with E-state index < -0.39 is 0 Å². The van der Waals surface area contributed by atoms with Crippen LogP contribution < -0.4 is 0 Å². The van der Waals surface area contributed by atoms with Crippen molar-refractivity contribution in [2.45, 2.75) is 24.6 Å². The molecule has 1 heteroatoms. The summed E-state index contributed by atoms with van der Waals surface area (Å²) in [6.45, 7) is 4.11. The number of hydrogen-bond donors (Lipinski definition) is 0. The first-order chi connectivity index (χ1) is 4.41. The van der Waals surface area contributed by atoms with Crippen molar-refractivity contribution in [3.63, 3.8) is 0 Å². The fourth-order valence-corrected chi connectivity index (χ4v) is 1.27. The van der Waals surface area contributed by atoms with Crippen LogP contribution >= 0.6 is 0 Å². The van der Waals surface area contributed by atoms with Gasteiger partial charge in [0.1, 0.15) is 0 Å². The van der Waals surface area contributed by atoms with Gasteiger partial charge in [0, 0.05) is 0 Å². The van der Waals surface area contributed by atoms with Crippen LogP contribution in [0, 0.1) is 0 Å². The fraction of sp³-hybridized carbons (Fsp3) is 0.500. The molecule has 0 bridgehead atoms. The molecule has 0 N–H and O–H groups in total. The maximum atomic E-state index is 2.18. The molecule has 9 heavy (non-hydrogen) atoms. The summed E-state index contributed by atoms with van der Waals surface area (Å²) < 4.78 is 0. The second-order valence-electron chi connectivity index (χ2n) is 1.55. The third-order valence-corrected chi connectivity index (χ3v) is 1.84. The monoisotopic (exact) mass is 168 g/mol. The standard InChI is InChI=1S/2C4H7.Ni/c2*1-3-4-2;/h2*3-4H,1H2,2H3;. The quantitative estimate of drug-likeness (QED) is 0.344. The van der Waals surface area contributed by atoms with Gasteiger partial charge in [-0.15, -0.1) is 0 Å². The second-order valence-corrected chi connectivity index (χ2v) is 2.85. The molecule has 0 saturated carbocycles. The summed E-state index contributed by atoms with van der Waals surface area (Å²) in [5, 5.41) is 2.32. The van der Waals surface area contributed by atoms with E-state index in [-0.39, 0.29) is 0 Å². The van der Waals surface area contributed by atoms with Gasteiger partial charge in [0.25, 0.3) is 0 Å². The zero-order valence-corrected chi connectivity index (χ0v) is 7.03. The van der Waals surface area contributed by atoms with E-state index in [0.29, 0.717) is 0 Å². The number of hydrogen-bond acceptors (Lipinski definition) is 0. The van der Waals surface area contributed by atoms with E-state index in [0.717, 1.165) is 10.8 Å². The maximum absolute atomic E-state index is 2.18. The summed E-state index contributed by atoms with van der Waals surface area (Å²) in [6.07, 6.45) is 8.55. The van der Waals surface area contributed by atoms with E-state index in [4.69, 9.17) is 0 Å². The van der Waals surface area contributed by atoms with Crippen LogP contribution in [0.1, 0.15) is 13.8 Å². The molecule has 0 rings (SSSR count). The van der Waals surface area contributed by atoms with Crippen LogP contribution in [0.3, 0.4) is 0 Å². The van der Waals surface area contributed by atoms with Crippen LogP contribution in [-0.4, -0.2) is 0 Å². The Kier molecular flexibility index (Phi) is 7.95. The van der Waals surface area contributed by atoms with Gasteiger partial charge in [-0.05, 0) is 0 Å². The Balaban J connectivity index is 2.91. The van der Waals surface area contributed by atoms with Crippen molar-refractivity contribution in [2.24, 2.45) is 0 Å². The van der Waals surface area contributed by atoms with Crippen molar-refractivity contribution >= 4 is 0 Å². The van der Waals surface area contributed by atoms with Crippen molar-refractivity contribution < 1.29 is 14.4 Å². The van der Waals surface area contributed by atoms with Crippen molar-refractivity contribution in [1.29, 1.82) is 0 Å². The molecule has 0 aliphatic rings. The van der Waals surface area contributed by atoms with Crippen LogP contribution in [0.25, 0.3) is 0 Å². The average molecular weight is 169 g/mol. The Labute approximate surface area is 63.8 Å². The predicted molar refractivity (Wildman–Crippen MR) is 39.2 cm³/mol. The van der Waals surface area contributed by atoms with Crippen LogP contribution in [0.2, 0.25) is 10.8 Å². The molecule has 0 spiro atoms. The van der Waals surface area contributed by atoms with Crippen molar-refractivity contribution in [3.8, 4) is 0 Å². The van der Waals surface area contributed by atoms with Gasteiger partial charge >= 0.3 is 63.4 Å². The molecule has 0 aliphatic heterocycles.